The highest BCUT2D eigenvalue weighted by atomic mass is 16.5. The summed E-state index contributed by atoms with van der Waals surface area (Å²) in [4.78, 5) is 2.20. The van der Waals surface area contributed by atoms with Crippen molar-refractivity contribution >= 4 is 28.0 Å². The van der Waals surface area contributed by atoms with Gasteiger partial charge in [0.2, 0.25) is 0 Å². The first-order valence-electron chi connectivity index (χ1n) is 7.16. The Morgan fingerprint density at radius 1 is 0.682 bits per heavy atom. The summed E-state index contributed by atoms with van der Waals surface area (Å²) in [5.74, 6) is 0. The van der Waals surface area contributed by atoms with Crippen LogP contribution in [0.5, 0.6) is 0 Å². The number of anilines is 3. The Bertz CT molecular complexity index is 845. The molecule has 1 aromatic heterocycles. The van der Waals surface area contributed by atoms with Gasteiger partial charge in [-0.15, -0.1) is 0 Å². The lowest BCUT2D eigenvalue weighted by atomic mass is 10.1. The van der Waals surface area contributed by atoms with Gasteiger partial charge in [0, 0.05) is 22.4 Å². The van der Waals surface area contributed by atoms with Crippen LogP contribution in [0.1, 0.15) is 0 Å². The zero-order valence-electron chi connectivity index (χ0n) is 11.9. The van der Waals surface area contributed by atoms with Gasteiger partial charge in [0.25, 0.3) is 0 Å². The van der Waals surface area contributed by atoms with Gasteiger partial charge in [-0.05, 0) is 42.5 Å². The van der Waals surface area contributed by atoms with Crippen molar-refractivity contribution in [3.8, 4) is 0 Å². The minimum atomic E-state index is 0.856. The highest BCUT2D eigenvalue weighted by molar-refractivity contribution is 5.86. The van der Waals surface area contributed by atoms with E-state index >= 15 is 0 Å². The molecular formula is C19H14N2O. The molecule has 4 rings (SSSR count). The molecule has 22 heavy (non-hydrogen) atoms. The Kier molecular flexibility index (Phi) is 3.09. The zero-order chi connectivity index (χ0) is 14.8. The van der Waals surface area contributed by atoms with E-state index < -0.39 is 0 Å². The fourth-order valence-corrected chi connectivity index (χ4v) is 2.59. The number of nitrogens with zero attached hydrogens (tertiary/aromatic N) is 2. The van der Waals surface area contributed by atoms with Gasteiger partial charge in [-0.3, -0.25) is 0 Å². The molecule has 0 radical (unpaired) electrons. The first-order valence-corrected chi connectivity index (χ1v) is 7.16. The molecule has 0 atom stereocenters. The molecule has 4 aromatic rings. The van der Waals surface area contributed by atoms with E-state index in [-0.39, 0.29) is 0 Å². The lowest BCUT2D eigenvalue weighted by Gasteiger charge is -2.25. The number of aromatic nitrogens is 1. The van der Waals surface area contributed by atoms with Gasteiger partial charge in [-0.25, -0.2) is 0 Å². The van der Waals surface area contributed by atoms with E-state index in [0.717, 1.165) is 28.0 Å². The molecule has 0 aliphatic carbocycles. The van der Waals surface area contributed by atoms with Crippen molar-refractivity contribution in [2.45, 2.75) is 0 Å². The molecule has 0 aliphatic rings. The van der Waals surface area contributed by atoms with Crippen LogP contribution in [0.2, 0.25) is 0 Å². The number of fused-ring (bicyclic) bond motifs is 1. The van der Waals surface area contributed by atoms with Crippen LogP contribution in [-0.4, -0.2) is 5.16 Å². The van der Waals surface area contributed by atoms with Crippen LogP contribution < -0.4 is 4.90 Å². The molecule has 0 saturated heterocycles. The van der Waals surface area contributed by atoms with E-state index in [9.17, 15) is 0 Å². The van der Waals surface area contributed by atoms with Gasteiger partial charge in [-0.2, -0.15) is 0 Å². The lowest BCUT2D eigenvalue weighted by molar-refractivity contribution is 0.428. The molecule has 0 unspecified atom stereocenters. The third-order valence-corrected chi connectivity index (χ3v) is 3.63. The second kappa shape index (κ2) is 5.37. The fourth-order valence-electron chi connectivity index (χ4n) is 2.59. The van der Waals surface area contributed by atoms with Crippen molar-refractivity contribution in [3.05, 3.63) is 85.1 Å². The number of hydrogen-bond donors (Lipinski definition) is 0. The topological polar surface area (TPSA) is 29.3 Å². The monoisotopic (exact) mass is 286 g/mol. The molecule has 0 bridgehead atoms. The molecule has 3 heteroatoms. The molecule has 0 aliphatic heterocycles. The first kappa shape index (κ1) is 12.7. The van der Waals surface area contributed by atoms with Crippen LogP contribution in [0.25, 0.3) is 10.9 Å². The van der Waals surface area contributed by atoms with E-state index in [0.29, 0.717) is 0 Å². The van der Waals surface area contributed by atoms with Gasteiger partial charge in [0.05, 0.1) is 0 Å². The molecule has 0 fully saturated rings. The maximum Gasteiger partial charge on any atom is 0.131 e. The minimum absolute atomic E-state index is 0.856. The summed E-state index contributed by atoms with van der Waals surface area (Å²) < 4.78 is 5.04. The highest BCUT2D eigenvalue weighted by Gasteiger charge is 2.12. The summed E-state index contributed by atoms with van der Waals surface area (Å²) in [5.41, 5.74) is 4.13. The van der Waals surface area contributed by atoms with Gasteiger partial charge in [0.1, 0.15) is 11.8 Å². The smallest absolute Gasteiger partial charge is 0.131 e. The van der Waals surface area contributed by atoms with Gasteiger partial charge in [0.15, 0.2) is 0 Å². The summed E-state index contributed by atoms with van der Waals surface area (Å²) >= 11 is 0. The largest absolute Gasteiger partial charge is 0.364 e. The number of rotatable bonds is 3. The summed E-state index contributed by atoms with van der Waals surface area (Å²) in [6.45, 7) is 0. The molecular weight excluding hydrogens is 272 g/mol. The first-order chi connectivity index (χ1) is 10.9. The molecule has 3 nitrogen and oxygen atoms in total. The van der Waals surface area contributed by atoms with Crippen LogP contribution in [-0.2, 0) is 0 Å². The van der Waals surface area contributed by atoms with E-state index in [2.05, 4.69) is 40.4 Å². The molecule has 1 heterocycles. The molecule has 106 valence electrons. The van der Waals surface area contributed by atoms with E-state index in [1.54, 1.807) is 6.26 Å². The second-order valence-corrected chi connectivity index (χ2v) is 5.06. The van der Waals surface area contributed by atoms with Crippen LogP contribution in [0.15, 0.2) is 89.6 Å². The van der Waals surface area contributed by atoms with Gasteiger partial charge in [-0.1, -0.05) is 41.6 Å². The Morgan fingerprint density at radius 2 is 1.32 bits per heavy atom. The maximum atomic E-state index is 5.04. The number of para-hydroxylation sites is 2. The minimum Gasteiger partial charge on any atom is -0.364 e. The standard InChI is InChI=1S/C19H14N2O/c1-3-7-16(8-4-1)21(17-9-5-2-6-10-17)18-12-11-15-14-22-20-19(15)13-18/h1-14H. The third kappa shape index (κ3) is 2.23. The lowest BCUT2D eigenvalue weighted by Crippen LogP contribution is -2.09. The average Bonchev–Trinajstić information content (AvgIpc) is 3.05. The predicted octanol–water partition coefficient (Wildman–Crippen LogP) is 5.30. The van der Waals surface area contributed by atoms with Crippen molar-refractivity contribution < 1.29 is 4.52 Å². The zero-order valence-corrected chi connectivity index (χ0v) is 11.9. The summed E-state index contributed by atoms with van der Waals surface area (Å²) in [7, 11) is 0. The molecule has 0 amide bonds. The highest BCUT2D eigenvalue weighted by Crippen LogP contribution is 2.35. The van der Waals surface area contributed by atoms with Crippen molar-refractivity contribution in [1.82, 2.24) is 5.16 Å². The Hall–Kier alpha value is -3.07. The number of hydrogen-bond acceptors (Lipinski definition) is 3. The van der Waals surface area contributed by atoms with Crippen molar-refractivity contribution in [3.63, 3.8) is 0 Å². The van der Waals surface area contributed by atoms with Crippen molar-refractivity contribution in [2.75, 3.05) is 4.90 Å². The second-order valence-electron chi connectivity index (χ2n) is 5.06. The Morgan fingerprint density at radius 3 is 1.95 bits per heavy atom. The van der Waals surface area contributed by atoms with Crippen LogP contribution in [0, 0.1) is 0 Å². The SMILES string of the molecule is c1ccc(N(c2ccccc2)c2ccc3conc3c2)cc1. The fraction of sp³-hybridized carbons (Fsp3) is 0. The van der Waals surface area contributed by atoms with E-state index in [4.69, 9.17) is 4.52 Å². The summed E-state index contributed by atoms with van der Waals surface area (Å²) in [6, 6.07) is 26.7. The predicted molar refractivity (Wildman–Crippen MR) is 88.7 cm³/mol. The van der Waals surface area contributed by atoms with Crippen molar-refractivity contribution in [1.29, 1.82) is 0 Å². The van der Waals surface area contributed by atoms with Gasteiger partial charge >= 0.3 is 0 Å². The molecule has 0 N–H and O–H groups in total. The number of benzene rings is 3. The molecule has 0 saturated carbocycles. The quantitative estimate of drug-likeness (QED) is 0.512. The van der Waals surface area contributed by atoms with Gasteiger partial charge < -0.3 is 9.42 Å². The molecule has 3 aromatic carbocycles. The Balaban J connectivity index is 1.90. The Labute approximate surface area is 128 Å². The maximum absolute atomic E-state index is 5.04. The summed E-state index contributed by atoms with van der Waals surface area (Å²) in [5, 5.41) is 5.05. The van der Waals surface area contributed by atoms with Crippen molar-refractivity contribution in [2.24, 2.45) is 0 Å². The van der Waals surface area contributed by atoms with E-state index in [1.807, 2.05) is 48.5 Å². The normalized spacial score (nSPS) is 10.7. The summed E-state index contributed by atoms with van der Waals surface area (Å²) in [6.07, 6.45) is 1.66. The van der Waals surface area contributed by atoms with Crippen LogP contribution in [0.3, 0.4) is 0 Å². The third-order valence-electron chi connectivity index (χ3n) is 3.63. The van der Waals surface area contributed by atoms with Crippen LogP contribution >= 0.6 is 0 Å². The van der Waals surface area contributed by atoms with Crippen LogP contribution in [0.4, 0.5) is 17.1 Å². The average molecular weight is 286 g/mol. The molecule has 0 spiro atoms. The van der Waals surface area contributed by atoms with E-state index in [1.165, 1.54) is 0 Å².